The van der Waals surface area contributed by atoms with Crippen molar-refractivity contribution in [2.24, 2.45) is 5.92 Å². The summed E-state index contributed by atoms with van der Waals surface area (Å²) in [4.78, 5) is 39.6. The quantitative estimate of drug-likeness (QED) is 0.293. The van der Waals surface area contributed by atoms with Crippen LogP contribution in [0.2, 0.25) is 0 Å². The number of piperidine rings is 1. The van der Waals surface area contributed by atoms with Crippen LogP contribution >= 0.6 is 0 Å². The fourth-order valence-electron chi connectivity index (χ4n) is 5.34. The normalized spacial score (nSPS) is 28.9. The molecule has 4 aliphatic rings. The van der Waals surface area contributed by atoms with Gasteiger partial charge in [0.05, 0.1) is 6.33 Å². The first-order valence-electron chi connectivity index (χ1n) is 13.8. The Balaban J connectivity index is 1.09. The first-order valence-corrected chi connectivity index (χ1v) is 13.8. The number of likely N-dealkylation sites (tertiary alicyclic amines) is 1. The molecule has 1 aliphatic carbocycles. The fourth-order valence-corrected chi connectivity index (χ4v) is 5.34. The van der Waals surface area contributed by atoms with Gasteiger partial charge in [0.25, 0.3) is 5.91 Å². The lowest BCUT2D eigenvalue weighted by Gasteiger charge is -2.31. The van der Waals surface area contributed by atoms with Crippen LogP contribution in [0, 0.1) is 17.8 Å². The zero-order valence-corrected chi connectivity index (χ0v) is 22.0. The van der Waals surface area contributed by atoms with Crippen LogP contribution in [0.1, 0.15) is 50.6 Å². The number of fused-ring (bicyclic) bond motifs is 1. The highest BCUT2D eigenvalue weighted by atomic mass is 16.6. The van der Waals surface area contributed by atoms with Crippen LogP contribution in [0.15, 0.2) is 6.33 Å². The molecule has 0 bridgehead atoms. The second kappa shape index (κ2) is 11.2. The summed E-state index contributed by atoms with van der Waals surface area (Å²) in [5, 5.41) is 27.1. The third kappa shape index (κ3) is 5.55. The number of carbonyl (C=O) groups excluding carboxylic acids is 2. The van der Waals surface area contributed by atoms with Gasteiger partial charge in [-0.15, -0.1) is 0 Å². The average molecular weight is 555 g/mol. The second-order valence-electron chi connectivity index (χ2n) is 10.9. The number of anilines is 1. The van der Waals surface area contributed by atoms with Crippen molar-refractivity contribution >= 4 is 29.0 Å². The summed E-state index contributed by atoms with van der Waals surface area (Å²) in [7, 11) is 0. The molecule has 5 atom stereocenters. The number of nitrogens with two attached hydrogens (primary N) is 1. The van der Waals surface area contributed by atoms with Crippen molar-refractivity contribution in [1.29, 1.82) is 0 Å². The van der Waals surface area contributed by atoms with Gasteiger partial charge in [-0.2, -0.15) is 0 Å². The number of aliphatic hydroxyl groups is 2. The minimum atomic E-state index is -1.41. The van der Waals surface area contributed by atoms with Gasteiger partial charge in [-0.1, -0.05) is 5.92 Å². The highest BCUT2D eigenvalue weighted by Gasteiger charge is 2.48. The predicted molar refractivity (Wildman–Crippen MR) is 140 cm³/mol. The molecule has 6 rings (SSSR count). The molecule has 214 valence electrons. The van der Waals surface area contributed by atoms with E-state index in [2.05, 4.69) is 37.4 Å². The Kier molecular flexibility index (Phi) is 7.45. The van der Waals surface area contributed by atoms with Gasteiger partial charge in [-0.05, 0) is 50.5 Å². The molecule has 0 aromatic carbocycles. The fraction of sp³-hybridized carbons (Fsp3) is 0.654. The van der Waals surface area contributed by atoms with E-state index in [-0.39, 0.29) is 35.5 Å². The maximum absolute atomic E-state index is 12.5. The standard InChI is InChI=1S/C26H34N8O6/c27-22-18-23(34(13-29-18)25-20(36)19(35)21(40-25)24(37)30-15-4-5-15)32-17(31-22)3-1-2-14-7-10-33(11-8-14)26(38)39-16-6-9-28-12-16/h13-16,19-21,25,28,35-36H,2,4-12H2,(H,30,37)(H2,27,31,32). The van der Waals surface area contributed by atoms with E-state index >= 15 is 0 Å². The van der Waals surface area contributed by atoms with Crippen LogP contribution in [0.3, 0.4) is 0 Å². The highest BCUT2D eigenvalue weighted by molar-refractivity contribution is 5.83. The number of aliphatic hydroxyl groups excluding tert-OH is 2. The Labute approximate surface area is 230 Å². The predicted octanol–water partition coefficient (Wildman–Crippen LogP) is -0.742. The average Bonchev–Trinajstić information content (AvgIpc) is 3.29. The third-order valence-corrected chi connectivity index (χ3v) is 7.89. The SMILES string of the molecule is Nc1nc(C#CCC2CCN(C(=O)OC3CCNC3)CC2)nc2c1ncn2C1OC(C(=O)NC2CC2)C(O)C1O. The van der Waals surface area contributed by atoms with E-state index in [0.717, 1.165) is 38.6 Å². The number of ether oxygens (including phenoxy) is 2. The molecule has 0 spiro atoms. The zero-order chi connectivity index (χ0) is 27.8. The lowest BCUT2D eigenvalue weighted by Crippen LogP contribution is -2.43. The summed E-state index contributed by atoms with van der Waals surface area (Å²) >= 11 is 0. The van der Waals surface area contributed by atoms with Gasteiger partial charge in [0.15, 0.2) is 23.8 Å². The number of rotatable bonds is 5. The Bertz CT molecular complexity index is 1320. The summed E-state index contributed by atoms with van der Waals surface area (Å²) in [5.41, 5.74) is 6.70. The molecule has 4 fully saturated rings. The number of hydrogen-bond donors (Lipinski definition) is 5. The molecule has 3 saturated heterocycles. The number of nitrogens with zero attached hydrogens (tertiary/aromatic N) is 5. The molecule has 14 nitrogen and oxygen atoms in total. The summed E-state index contributed by atoms with van der Waals surface area (Å²) in [6.45, 7) is 2.86. The van der Waals surface area contributed by atoms with Crippen molar-refractivity contribution in [1.82, 2.24) is 35.1 Å². The molecular formula is C26H34N8O6. The zero-order valence-electron chi connectivity index (χ0n) is 22.0. The minimum absolute atomic E-state index is 0.0426. The van der Waals surface area contributed by atoms with Gasteiger partial charge < -0.3 is 41.0 Å². The van der Waals surface area contributed by atoms with Gasteiger partial charge in [0, 0.05) is 32.1 Å². The number of imidazole rings is 1. The number of nitrogen functional groups attached to an aromatic ring is 1. The van der Waals surface area contributed by atoms with E-state index < -0.39 is 30.4 Å². The molecule has 0 radical (unpaired) electrons. The Morgan fingerprint density at radius 1 is 1.18 bits per heavy atom. The summed E-state index contributed by atoms with van der Waals surface area (Å²) in [6, 6.07) is 0.0886. The van der Waals surface area contributed by atoms with E-state index in [1.165, 1.54) is 10.9 Å². The van der Waals surface area contributed by atoms with E-state index in [1.54, 1.807) is 4.90 Å². The molecule has 2 aromatic rings. The van der Waals surface area contributed by atoms with Crippen molar-refractivity contribution in [3.63, 3.8) is 0 Å². The van der Waals surface area contributed by atoms with Crippen molar-refractivity contribution in [3.8, 4) is 11.8 Å². The van der Waals surface area contributed by atoms with Gasteiger partial charge in [0.2, 0.25) is 5.82 Å². The van der Waals surface area contributed by atoms with Crippen LogP contribution in [-0.4, -0.2) is 103 Å². The van der Waals surface area contributed by atoms with Gasteiger partial charge in [0.1, 0.15) is 23.8 Å². The van der Waals surface area contributed by atoms with Crippen molar-refractivity contribution in [3.05, 3.63) is 12.2 Å². The first kappa shape index (κ1) is 26.7. The van der Waals surface area contributed by atoms with E-state index in [9.17, 15) is 19.8 Å². The monoisotopic (exact) mass is 554 g/mol. The number of amides is 2. The van der Waals surface area contributed by atoms with Gasteiger partial charge in [-0.3, -0.25) is 9.36 Å². The molecule has 5 heterocycles. The molecule has 40 heavy (non-hydrogen) atoms. The number of nitrogens with one attached hydrogen (secondary N) is 2. The summed E-state index contributed by atoms with van der Waals surface area (Å²) < 4.78 is 12.8. The Morgan fingerprint density at radius 2 is 1.98 bits per heavy atom. The van der Waals surface area contributed by atoms with Crippen LogP contribution in [0.25, 0.3) is 11.2 Å². The molecule has 2 amide bonds. The molecule has 3 aliphatic heterocycles. The van der Waals surface area contributed by atoms with E-state index in [4.69, 9.17) is 15.2 Å². The largest absolute Gasteiger partial charge is 0.445 e. The van der Waals surface area contributed by atoms with Crippen LogP contribution in [0.4, 0.5) is 10.6 Å². The van der Waals surface area contributed by atoms with Crippen molar-refractivity contribution < 1.29 is 29.3 Å². The molecule has 14 heteroatoms. The first-order chi connectivity index (χ1) is 19.4. The summed E-state index contributed by atoms with van der Waals surface area (Å²) in [5.74, 6) is 6.28. The van der Waals surface area contributed by atoms with Crippen LogP contribution in [0.5, 0.6) is 0 Å². The van der Waals surface area contributed by atoms with E-state index in [1.807, 2.05) is 0 Å². The number of carbonyl (C=O) groups is 2. The Hall–Kier alpha value is -3.51. The van der Waals surface area contributed by atoms with Gasteiger partial charge in [-0.25, -0.2) is 19.7 Å². The Morgan fingerprint density at radius 3 is 2.70 bits per heavy atom. The third-order valence-electron chi connectivity index (χ3n) is 7.89. The van der Waals surface area contributed by atoms with Crippen molar-refractivity contribution in [2.45, 2.75) is 75.2 Å². The topological polar surface area (TPSA) is 190 Å². The maximum Gasteiger partial charge on any atom is 0.410 e. The number of hydrogen-bond acceptors (Lipinski definition) is 11. The highest BCUT2D eigenvalue weighted by Crippen LogP contribution is 2.33. The van der Waals surface area contributed by atoms with Gasteiger partial charge >= 0.3 is 6.09 Å². The summed E-state index contributed by atoms with van der Waals surface area (Å²) in [6.07, 6.45) is 0.904. The maximum atomic E-state index is 12.5. The molecule has 6 N–H and O–H groups in total. The lowest BCUT2D eigenvalue weighted by molar-refractivity contribution is -0.137. The molecule has 2 aromatic heterocycles. The number of aromatic nitrogens is 4. The molecular weight excluding hydrogens is 520 g/mol. The second-order valence-corrected chi connectivity index (χ2v) is 10.9. The van der Waals surface area contributed by atoms with Crippen molar-refractivity contribution in [2.75, 3.05) is 31.9 Å². The minimum Gasteiger partial charge on any atom is -0.445 e. The van der Waals surface area contributed by atoms with E-state index in [0.29, 0.717) is 37.5 Å². The lowest BCUT2D eigenvalue weighted by atomic mass is 9.94. The van der Waals surface area contributed by atoms with Crippen LogP contribution in [-0.2, 0) is 14.3 Å². The molecule has 1 saturated carbocycles. The smallest absolute Gasteiger partial charge is 0.410 e. The van der Waals surface area contributed by atoms with Crippen LogP contribution < -0.4 is 16.4 Å². The molecule has 5 unspecified atom stereocenters.